The lowest BCUT2D eigenvalue weighted by atomic mass is 9.84. The van der Waals surface area contributed by atoms with Crippen molar-refractivity contribution in [3.8, 4) is 0 Å². The molecule has 1 aliphatic carbocycles. The Bertz CT molecular complexity index is 421. The zero-order valence-electron chi connectivity index (χ0n) is 14.0. The smallest absolute Gasteiger partial charge is 0.0309 e. The SMILES string of the molecule is CCC1CCC(N(C)CCC(N)c2ccccc2C)CC1. The molecule has 1 fully saturated rings. The molecule has 1 unspecified atom stereocenters. The molecule has 2 nitrogen and oxygen atoms in total. The first-order chi connectivity index (χ1) is 10.1. The summed E-state index contributed by atoms with van der Waals surface area (Å²) >= 11 is 0. The summed E-state index contributed by atoms with van der Waals surface area (Å²) in [6.45, 7) is 5.60. The fourth-order valence-electron chi connectivity index (χ4n) is 3.68. The molecule has 1 atom stereocenters. The summed E-state index contributed by atoms with van der Waals surface area (Å²) in [6.07, 6.45) is 7.97. The maximum absolute atomic E-state index is 6.39. The number of hydrogen-bond donors (Lipinski definition) is 1. The van der Waals surface area contributed by atoms with Gasteiger partial charge in [0.2, 0.25) is 0 Å². The monoisotopic (exact) mass is 288 g/mol. The standard InChI is InChI=1S/C19H32N2/c1-4-16-9-11-17(12-10-16)21(3)14-13-19(20)18-8-6-5-7-15(18)2/h5-8,16-17,19H,4,9-14,20H2,1-3H3. The molecule has 0 saturated heterocycles. The molecule has 1 aromatic carbocycles. The highest BCUT2D eigenvalue weighted by atomic mass is 15.1. The first-order valence-electron chi connectivity index (χ1n) is 8.63. The topological polar surface area (TPSA) is 29.3 Å². The maximum Gasteiger partial charge on any atom is 0.0309 e. The van der Waals surface area contributed by atoms with Crippen molar-refractivity contribution in [2.75, 3.05) is 13.6 Å². The molecule has 118 valence electrons. The Balaban J connectivity index is 1.79. The number of nitrogens with zero attached hydrogens (tertiary/aromatic N) is 1. The van der Waals surface area contributed by atoms with Crippen molar-refractivity contribution in [1.29, 1.82) is 0 Å². The Morgan fingerprint density at radius 3 is 2.48 bits per heavy atom. The lowest BCUT2D eigenvalue weighted by molar-refractivity contribution is 0.159. The number of aryl methyl sites for hydroxylation is 1. The van der Waals surface area contributed by atoms with E-state index in [0.717, 1.165) is 24.9 Å². The molecule has 2 heteroatoms. The summed E-state index contributed by atoms with van der Waals surface area (Å²) in [5.41, 5.74) is 9.01. The molecule has 0 aromatic heterocycles. The zero-order valence-corrected chi connectivity index (χ0v) is 14.0. The molecule has 0 heterocycles. The van der Waals surface area contributed by atoms with Crippen LogP contribution in [0.15, 0.2) is 24.3 Å². The van der Waals surface area contributed by atoms with Gasteiger partial charge in [0, 0.05) is 12.1 Å². The van der Waals surface area contributed by atoms with Crippen molar-refractivity contribution < 1.29 is 0 Å². The van der Waals surface area contributed by atoms with Crippen molar-refractivity contribution >= 4 is 0 Å². The predicted octanol–water partition coefficient (Wildman–Crippen LogP) is 4.29. The zero-order chi connectivity index (χ0) is 15.2. The summed E-state index contributed by atoms with van der Waals surface area (Å²) in [7, 11) is 2.28. The van der Waals surface area contributed by atoms with Crippen LogP contribution in [-0.4, -0.2) is 24.5 Å². The van der Waals surface area contributed by atoms with E-state index in [0.29, 0.717) is 0 Å². The molecule has 0 amide bonds. The van der Waals surface area contributed by atoms with Gasteiger partial charge in [-0.1, -0.05) is 37.6 Å². The van der Waals surface area contributed by atoms with Gasteiger partial charge in [0.25, 0.3) is 0 Å². The average molecular weight is 288 g/mol. The van der Waals surface area contributed by atoms with Gasteiger partial charge in [0.15, 0.2) is 0 Å². The van der Waals surface area contributed by atoms with Gasteiger partial charge < -0.3 is 10.6 Å². The van der Waals surface area contributed by atoms with Gasteiger partial charge >= 0.3 is 0 Å². The highest BCUT2D eigenvalue weighted by Crippen LogP contribution is 2.29. The van der Waals surface area contributed by atoms with Gasteiger partial charge in [-0.05, 0) is 69.7 Å². The van der Waals surface area contributed by atoms with Crippen molar-refractivity contribution in [2.45, 2.75) is 64.5 Å². The molecular weight excluding hydrogens is 256 g/mol. The molecule has 21 heavy (non-hydrogen) atoms. The second-order valence-electron chi connectivity index (χ2n) is 6.82. The molecule has 2 N–H and O–H groups in total. The molecule has 0 spiro atoms. The number of rotatable bonds is 6. The molecule has 1 saturated carbocycles. The lowest BCUT2D eigenvalue weighted by Gasteiger charge is -2.35. The van der Waals surface area contributed by atoms with Gasteiger partial charge in [-0.25, -0.2) is 0 Å². The Morgan fingerprint density at radius 1 is 1.19 bits per heavy atom. The van der Waals surface area contributed by atoms with E-state index in [1.807, 2.05) is 0 Å². The van der Waals surface area contributed by atoms with Gasteiger partial charge in [-0.15, -0.1) is 0 Å². The third kappa shape index (κ3) is 4.55. The summed E-state index contributed by atoms with van der Waals surface area (Å²) in [5.74, 6) is 0.976. The van der Waals surface area contributed by atoms with Gasteiger partial charge in [0.05, 0.1) is 0 Å². The molecule has 0 radical (unpaired) electrons. The molecule has 2 rings (SSSR count). The van der Waals surface area contributed by atoms with Crippen molar-refractivity contribution in [2.24, 2.45) is 11.7 Å². The van der Waals surface area contributed by atoms with Crippen LogP contribution in [0.1, 0.15) is 62.6 Å². The van der Waals surface area contributed by atoms with Crippen LogP contribution in [0.4, 0.5) is 0 Å². The van der Waals surface area contributed by atoms with E-state index in [1.165, 1.54) is 43.2 Å². The first-order valence-corrected chi connectivity index (χ1v) is 8.63. The van der Waals surface area contributed by atoms with E-state index in [2.05, 4.69) is 50.1 Å². The summed E-state index contributed by atoms with van der Waals surface area (Å²) < 4.78 is 0. The minimum atomic E-state index is 0.167. The molecule has 0 bridgehead atoms. The van der Waals surface area contributed by atoms with Gasteiger partial charge in [-0.2, -0.15) is 0 Å². The molecule has 0 aliphatic heterocycles. The van der Waals surface area contributed by atoms with Crippen LogP contribution in [0.5, 0.6) is 0 Å². The summed E-state index contributed by atoms with van der Waals surface area (Å²) in [5, 5.41) is 0. The van der Waals surface area contributed by atoms with E-state index >= 15 is 0 Å². The predicted molar refractivity (Wildman–Crippen MR) is 91.4 cm³/mol. The Hall–Kier alpha value is -0.860. The minimum absolute atomic E-state index is 0.167. The maximum atomic E-state index is 6.39. The van der Waals surface area contributed by atoms with Gasteiger partial charge in [-0.3, -0.25) is 0 Å². The third-order valence-corrected chi connectivity index (χ3v) is 5.40. The second-order valence-corrected chi connectivity index (χ2v) is 6.82. The lowest BCUT2D eigenvalue weighted by Crippen LogP contribution is -2.36. The molecule has 1 aliphatic rings. The van der Waals surface area contributed by atoms with E-state index in [4.69, 9.17) is 5.73 Å². The Kier molecular flexibility index (Phi) is 6.25. The second kappa shape index (κ2) is 7.95. The number of benzene rings is 1. The third-order valence-electron chi connectivity index (χ3n) is 5.40. The highest BCUT2D eigenvalue weighted by molar-refractivity contribution is 5.28. The van der Waals surface area contributed by atoms with Crippen LogP contribution in [0.2, 0.25) is 0 Å². The minimum Gasteiger partial charge on any atom is -0.324 e. The quantitative estimate of drug-likeness (QED) is 0.846. The first kappa shape index (κ1) is 16.5. The van der Waals surface area contributed by atoms with Crippen LogP contribution < -0.4 is 5.73 Å². The summed E-state index contributed by atoms with van der Waals surface area (Å²) in [4.78, 5) is 2.55. The van der Waals surface area contributed by atoms with E-state index in [-0.39, 0.29) is 6.04 Å². The van der Waals surface area contributed by atoms with Crippen molar-refractivity contribution in [3.05, 3.63) is 35.4 Å². The van der Waals surface area contributed by atoms with E-state index in [9.17, 15) is 0 Å². The number of nitrogens with two attached hydrogens (primary N) is 1. The highest BCUT2D eigenvalue weighted by Gasteiger charge is 2.23. The fraction of sp³-hybridized carbons (Fsp3) is 0.684. The molecular formula is C19H32N2. The van der Waals surface area contributed by atoms with Crippen LogP contribution in [0.3, 0.4) is 0 Å². The normalized spacial score (nSPS) is 24.2. The van der Waals surface area contributed by atoms with E-state index in [1.54, 1.807) is 0 Å². The largest absolute Gasteiger partial charge is 0.324 e. The van der Waals surface area contributed by atoms with Crippen molar-refractivity contribution in [3.63, 3.8) is 0 Å². The van der Waals surface area contributed by atoms with Crippen LogP contribution >= 0.6 is 0 Å². The average Bonchev–Trinajstić information content (AvgIpc) is 2.52. The number of hydrogen-bond acceptors (Lipinski definition) is 2. The fourth-order valence-corrected chi connectivity index (χ4v) is 3.68. The Labute approximate surface area is 130 Å². The molecule has 1 aromatic rings. The Morgan fingerprint density at radius 2 is 1.86 bits per heavy atom. The van der Waals surface area contributed by atoms with Crippen LogP contribution in [0, 0.1) is 12.8 Å². The van der Waals surface area contributed by atoms with Crippen LogP contribution in [-0.2, 0) is 0 Å². The summed E-state index contributed by atoms with van der Waals surface area (Å²) in [6, 6.07) is 9.46. The van der Waals surface area contributed by atoms with E-state index < -0.39 is 0 Å². The van der Waals surface area contributed by atoms with Crippen molar-refractivity contribution in [1.82, 2.24) is 4.90 Å². The van der Waals surface area contributed by atoms with Crippen LogP contribution in [0.25, 0.3) is 0 Å². The van der Waals surface area contributed by atoms with Gasteiger partial charge in [0.1, 0.15) is 0 Å².